The highest BCUT2D eigenvalue weighted by molar-refractivity contribution is 5.25. The molecule has 0 saturated carbocycles. The summed E-state index contributed by atoms with van der Waals surface area (Å²) < 4.78 is 10.5. The van der Waals surface area contributed by atoms with Crippen molar-refractivity contribution in [3.63, 3.8) is 0 Å². The predicted octanol–water partition coefficient (Wildman–Crippen LogP) is 3.57. The van der Waals surface area contributed by atoms with Crippen molar-refractivity contribution in [3.8, 4) is 0 Å². The highest BCUT2D eigenvalue weighted by Crippen LogP contribution is 2.41. The van der Waals surface area contributed by atoms with Gasteiger partial charge in [0, 0.05) is 13.5 Å². The van der Waals surface area contributed by atoms with Gasteiger partial charge in [0.25, 0.3) is 0 Å². The summed E-state index contributed by atoms with van der Waals surface area (Å²) in [7, 11) is 3.31. The number of aliphatic hydroxyl groups is 1. The molecular formula is C14H24O3. The largest absolute Gasteiger partial charge is 0.508 e. The molecule has 2 atom stereocenters. The van der Waals surface area contributed by atoms with Crippen LogP contribution in [0, 0.1) is 5.41 Å². The molecule has 0 radical (unpaired) electrons. The zero-order valence-corrected chi connectivity index (χ0v) is 11.3. The first-order valence-corrected chi connectivity index (χ1v) is 6.25. The van der Waals surface area contributed by atoms with Gasteiger partial charge in [0.2, 0.25) is 0 Å². The fraction of sp³-hybridized carbons (Fsp3) is 0.714. The minimum Gasteiger partial charge on any atom is -0.508 e. The maximum absolute atomic E-state index is 9.98. The van der Waals surface area contributed by atoms with E-state index >= 15 is 0 Å². The topological polar surface area (TPSA) is 38.7 Å². The van der Waals surface area contributed by atoms with Gasteiger partial charge >= 0.3 is 0 Å². The van der Waals surface area contributed by atoms with Crippen molar-refractivity contribution < 1.29 is 14.6 Å². The molecule has 17 heavy (non-hydrogen) atoms. The van der Waals surface area contributed by atoms with Gasteiger partial charge < -0.3 is 14.6 Å². The molecule has 1 N–H and O–H groups in total. The molecule has 0 amide bonds. The molecule has 0 spiro atoms. The van der Waals surface area contributed by atoms with Gasteiger partial charge in [0.05, 0.1) is 13.2 Å². The Morgan fingerprint density at radius 1 is 1.47 bits per heavy atom. The molecule has 3 heteroatoms. The number of hydrogen-bond donors (Lipinski definition) is 1. The van der Waals surface area contributed by atoms with Crippen molar-refractivity contribution in [1.29, 1.82) is 0 Å². The summed E-state index contributed by atoms with van der Waals surface area (Å²) in [5, 5.41) is 9.98. The number of aliphatic hydroxyl groups excluding tert-OH is 1. The summed E-state index contributed by atoms with van der Waals surface area (Å²) in [6.45, 7) is 4.23. The van der Waals surface area contributed by atoms with E-state index in [0.717, 1.165) is 19.3 Å². The Morgan fingerprint density at radius 3 is 2.65 bits per heavy atom. The molecule has 0 saturated heterocycles. The van der Waals surface area contributed by atoms with E-state index in [0.29, 0.717) is 17.9 Å². The van der Waals surface area contributed by atoms with Crippen LogP contribution < -0.4 is 0 Å². The molecule has 1 aliphatic carbocycles. The van der Waals surface area contributed by atoms with Gasteiger partial charge in [-0.25, -0.2) is 0 Å². The minimum atomic E-state index is 0.0102. The monoisotopic (exact) mass is 240 g/mol. The smallest absolute Gasteiger partial charge is 0.155 e. The van der Waals surface area contributed by atoms with E-state index < -0.39 is 0 Å². The molecule has 0 aromatic heterocycles. The Balaban J connectivity index is 2.83. The predicted molar refractivity (Wildman–Crippen MR) is 68.8 cm³/mol. The lowest BCUT2D eigenvalue weighted by Gasteiger charge is -2.35. The molecular weight excluding hydrogens is 216 g/mol. The van der Waals surface area contributed by atoms with Gasteiger partial charge in [-0.2, -0.15) is 0 Å². The van der Waals surface area contributed by atoms with Crippen LogP contribution in [0.25, 0.3) is 0 Å². The molecule has 1 rings (SSSR count). The number of methoxy groups -OCH3 is 2. The SMILES string of the molecule is CCCC1(CC(C)OC)C=CC(OC)=C(O)C1. The van der Waals surface area contributed by atoms with Crippen LogP contribution >= 0.6 is 0 Å². The molecule has 2 unspecified atom stereocenters. The Hall–Kier alpha value is -0.960. The first-order chi connectivity index (χ1) is 8.06. The molecule has 1 aliphatic rings. The maximum Gasteiger partial charge on any atom is 0.155 e. The third-order valence-electron chi connectivity index (χ3n) is 3.46. The van der Waals surface area contributed by atoms with Crippen LogP contribution in [0.15, 0.2) is 23.7 Å². The second-order valence-corrected chi connectivity index (χ2v) is 4.89. The Labute approximate surface area is 104 Å². The van der Waals surface area contributed by atoms with Gasteiger partial charge in [-0.05, 0) is 31.3 Å². The van der Waals surface area contributed by atoms with Crippen molar-refractivity contribution in [2.75, 3.05) is 14.2 Å². The molecule has 0 aliphatic heterocycles. The van der Waals surface area contributed by atoms with E-state index in [-0.39, 0.29) is 11.5 Å². The quantitative estimate of drug-likeness (QED) is 0.771. The number of ether oxygens (including phenoxy) is 2. The van der Waals surface area contributed by atoms with Crippen molar-refractivity contribution >= 4 is 0 Å². The normalized spacial score (nSPS) is 26.1. The molecule has 0 heterocycles. The first kappa shape index (κ1) is 14.1. The molecule has 3 nitrogen and oxygen atoms in total. The van der Waals surface area contributed by atoms with Gasteiger partial charge in [-0.15, -0.1) is 0 Å². The van der Waals surface area contributed by atoms with Crippen molar-refractivity contribution in [1.82, 2.24) is 0 Å². The lowest BCUT2D eigenvalue weighted by atomic mass is 9.73. The van der Waals surface area contributed by atoms with E-state index in [1.165, 1.54) is 0 Å². The van der Waals surface area contributed by atoms with Gasteiger partial charge in [-0.3, -0.25) is 0 Å². The number of hydrogen-bond acceptors (Lipinski definition) is 3. The maximum atomic E-state index is 9.98. The lowest BCUT2D eigenvalue weighted by molar-refractivity contribution is 0.0695. The van der Waals surface area contributed by atoms with E-state index in [4.69, 9.17) is 9.47 Å². The summed E-state index contributed by atoms with van der Waals surface area (Å²) in [5.74, 6) is 0.938. The first-order valence-electron chi connectivity index (χ1n) is 6.25. The van der Waals surface area contributed by atoms with Crippen LogP contribution in [0.2, 0.25) is 0 Å². The molecule has 0 bridgehead atoms. The van der Waals surface area contributed by atoms with Gasteiger partial charge in [-0.1, -0.05) is 19.4 Å². The van der Waals surface area contributed by atoms with Crippen molar-refractivity contribution in [2.24, 2.45) is 5.41 Å². The molecule has 0 aromatic rings. The van der Waals surface area contributed by atoms with E-state index in [1.807, 2.05) is 6.08 Å². The van der Waals surface area contributed by atoms with Crippen LogP contribution in [0.5, 0.6) is 0 Å². The van der Waals surface area contributed by atoms with Crippen LogP contribution in [-0.2, 0) is 9.47 Å². The minimum absolute atomic E-state index is 0.0102. The second kappa shape index (κ2) is 6.10. The second-order valence-electron chi connectivity index (χ2n) is 4.89. The van der Waals surface area contributed by atoms with E-state index in [2.05, 4.69) is 19.9 Å². The van der Waals surface area contributed by atoms with Crippen molar-refractivity contribution in [3.05, 3.63) is 23.7 Å². The Bertz CT molecular complexity index is 307. The Morgan fingerprint density at radius 2 is 2.18 bits per heavy atom. The number of allylic oxidation sites excluding steroid dienone is 3. The summed E-state index contributed by atoms with van der Waals surface area (Å²) in [4.78, 5) is 0. The highest BCUT2D eigenvalue weighted by Gasteiger charge is 2.33. The molecule has 98 valence electrons. The highest BCUT2D eigenvalue weighted by atomic mass is 16.5. The average molecular weight is 240 g/mol. The fourth-order valence-electron chi connectivity index (χ4n) is 2.58. The fourth-order valence-corrected chi connectivity index (χ4v) is 2.58. The third kappa shape index (κ3) is 3.50. The molecule has 0 fully saturated rings. The Kier molecular flexibility index (Phi) is 5.06. The average Bonchev–Trinajstić information content (AvgIpc) is 2.29. The standard InChI is InChI=1S/C14H24O3/c1-5-7-14(9-11(2)16-3)8-6-13(17-4)12(15)10-14/h6,8,11,15H,5,7,9-10H2,1-4H3. The van der Waals surface area contributed by atoms with Crippen molar-refractivity contribution in [2.45, 2.75) is 45.6 Å². The lowest BCUT2D eigenvalue weighted by Crippen LogP contribution is -2.27. The zero-order valence-electron chi connectivity index (χ0n) is 11.3. The summed E-state index contributed by atoms with van der Waals surface area (Å²) in [6.07, 6.45) is 7.97. The van der Waals surface area contributed by atoms with Crippen LogP contribution in [0.3, 0.4) is 0 Å². The van der Waals surface area contributed by atoms with Crippen LogP contribution in [0.1, 0.15) is 39.5 Å². The molecule has 0 aromatic carbocycles. The summed E-state index contributed by atoms with van der Waals surface area (Å²) in [5.41, 5.74) is 0.0102. The van der Waals surface area contributed by atoms with Crippen LogP contribution in [-0.4, -0.2) is 25.4 Å². The van der Waals surface area contributed by atoms with E-state index in [1.54, 1.807) is 14.2 Å². The van der Waals surface area contributed by atoms with E-state index in [9.17, 15) is 5.11 Å². The zero-order chi connectivity index (χ0) is 12.9. The number of rotatable bonds is 6. The van der Waals surface area contributed by atoms with Gasteiger partial charge in [0.15, 0.2) is 5.76 Å². The third-order valence-corrected chi connectivity index (χ3v) is 3.46. The summed E-state index contributed by atoms with van der Waals surface area (Å²) >= 11 is 0. The van der Waals surface area contributed by atoms with Gasteiger partial charge in [0.1, 0.15) is 5.76 Å². The van der Waals surface area contributed by atoms with Crippen LogP contribution in [0.4, 0.5) is 0 Å². The summed E-state index contributed by atoms with van der Waals surface area (Å²) in [6, 6.07) is 0.